The van der Waals surface area contributed by atoms with Crippen LogP contribution in [0.5, 0.6) is 0 Å². The van der Waals surface area contributed by atoms with E-state index >= 15 is 0 Å². The van der Waals surface area contributed by atoms with Gasteiger partial charge in [-0.1, -0.05) is 54.9 Å². The maximum atomic E-state index is 13.7. The van der Waals surface area contributed by atoms with Crippen molar-refractivity contribution in [2.45, 2.75) is 18.7 Å². The number of halogens is 3. The van der Waals surface area contributed by atoms with Crippen LogP contribution in [0.25, 0.3) is 0 Å². The van der Waals surface area contributed by atoms with Crippen molar-refractivity contribution in [1.82, 2.24) is 0 Å². The monoisotopic (exact) mass is 296 g/mol. The van der Waals surface area contributed by atoms with E-state index < -0.39 is 0 Å². The molecule has 2 aromatic rings. The molecular formula is C16H15Cl2F. The first-order valence-corrected chi connectivity index (χ1v) is 7.03. The molecule has 2 atom stereocenters. The molecule has 0 aliphatic carbocycles. The number of rotatable bonds is 4. The number of hydrogen-bond acceptors (Lipinski definition) is 0. The van der Waals surface area contributed by atoms with Gasteiger partial charge in [0.05, 0.1) is 5.38 Å². The van der Waals surface area contributed by atoms with E-state index in [4.69, 9.17) is 23.2 Å². The fourth-order valence-electron chi connectivity index (χ4n) is 2.12. The molecule has 0 aromatic heterocycles. The maximum absolute atomic E-state index is 13.7. The summed E-state index contributed by atoms with van der Waals surface area (Å²) in [5.74, 6) is -0.172. The molecule has 3 heteroatoms. The van der Waals surface area contributed by atoms with Gasteiger partial charge in [-0.2, -0.15) is 0 Å². The molecule has 0 saturated carbocycles. The van der Waals surface area contributed by atoms with Crippen LogP contribution in [0.1, 0.15) is 23.4 Å². The normalized spacial score (nSPS) is 14.1. The molecule has 19 heavy (non-hydrogen) atoms. The van der Waals surface area contributed by atoms with Gasteiger partial charge in [-0.05, 0) is 30.0 Å². The van der Waals surface area contributed by atoms with Crippen LogP contribution in [-0.2, 0) is 6.42 Å². The summed E-state index contributed by atoms with van der Waals surface area (Å²) in [6, 6.07) is 14.6. The lowest BCUT2D eigenvalue weighted by Gasteiger charge is -2.19. The van der Waals surface area contributed by atoms with Gasteiger partial charge < -0.3 is 0 Å². The van der Waals surface area contributed by atoms with Gasteiger partial charge in [0.2, 0.25) is 0 Å². The third-order valence-corrected chi connectivity index (χ3v) is 4.24. The second-order valence-electron chi connectivity index (χ2n) is 4.69. The average Bonchev–Trinajstić information content (AvgIpc) is 2.43. The summed E-state index contributed by atoms with van der Waals surface area (Å²) >= 11 is 12.5. The Morgan fingerprint density at radius 2 is 1.74 bits per heavy atom. The maximum Gasteiger partial charge on any atom is 0.127 e. The molecule has 0 aliphatic rings. The minimum atomic E-state index is -0.267. The molecule has 0 radical (unpaired) electrons. The highest BCUT2D eigenvalue weighted by molar-refractivity contribution is 6.31. The van der Waals surface area contributed by atoms with Crippen molar-refractivity contribution in [3.8, 4) is 0 Å². The Morgan fingerprint density at radius 3 is 2.37 bits per heavy atom. The van der Waals surface area contributed by atoms with Crippen LogP contribution in [0.4, 0.5) is 4.39 Å². The van der Waals surface area contributed by atoms with Crippen molar-refractivity contribution < 1.29 is 4.39 Å². The van der Waals surface area contributed by atoms with E-state index in [0.29, 0.717) is 17.0 Å². The van der Waals surface area contributed by atoms with Crippen molar-refractivity contribution >= 4 is 23.2 Å². The Balaban J connectivity index is 2.15. The van der Waals surface area contributed by atoms with Crippen LogP contribution in [0.15, 0.2) is 48.5 Å². The van der Waals surface area contributed by atoms with E-state index in [1.807, 2.05) is 37.3 Å². The molecule has 2 aromatic carbocycles. The molecule has 0 bridgehead atoms. The molecule has 0 nitrogen and oxygen atoms in total. The van der Waals surface area contributed by atoms with Crippen LogP contribution in [-0.4, -0.2) is 0 Å². The second-order valence-corrected chi connectivity index (χ2v) is 5.57. The average molecular weight is 297 g/mol. The number of benzene rings is 2. The highest BCUT2D eigenvalue weighted by Gasteiger charge is 2.19. The third kappa shape index (κ3) is 3.49. The van der Waals surface area contributed by atoms with Crippen molar-refractivity contribution in [2.75, 3.05) is 0 Å². The fraction of sp³-hybridized carbons (Fsp3) is 0.250. The summed E-state index contributed by atoms with van der Waals surface area (Å²) in [7, 11) is 0. The van der Waals surface area contributed by atoms with E-state index in [2.05, 4.69) is 0 Å². The standard InChI is InChI=1S/C16H15Cl2F/c1-11(16(18)12-6-3-2-4-7-12)10-13-14(17)8-5-9-15(13)19/h2-9,11,16H,10H2,1H3. The van der Waals surface area contributed by atoms with Crippen molar-refractivity contribution in [1.29, 1.82) is 0 Å². The molecule has 0 N–H and O–H groups in total. The summed E-state index contributed by atoms with van der Waals surface area (Å²) in [4.78, 5) is 0. The fourth-order valence-corrected chi connectivity index (χ4v) is 2.59. The Bertz CT molecular complexity index is 519. The van der Waals surface area contributed by atoms with Crippen LogP contribution >= 0.6 is 23.2 Å². The van der Waals surface area contributed by atoms with E-state index in [9.17, 15) is 4.39 Å². The van der Waals surface area contributed by atoms with Crippen molar-refractivity contribution in [3.63, 3.8) is 0 Å². The lowest BCUT2D eigenvalue weighted by molar-refractivity contribution is 0.530. The van der Waals surface area contributed by atoms with Crippen molar-refractivity contribution in [2.24, 2.45) is 5.92 Å². The largest absolute Gasteiger partial charge is 0.207 e. The summed E-state index contributed by atoms with van der Waals surface area (Å²) in [5.41, 5.74) is 1.59. The van der Waals surface area contributed by atoms with Crippen LogP contribution in [0.2, 0.25) is 5.02 Å². The predicted octanol–water partition coefficient (Wildman–Crippen LogP) is 5.64. The summed E-state index contributed by atoms with van der Waals surface area (Å²) in [6.07, 6.45) is 0.522. The van der Waals surface area contributed by atoms with Gasteiger partial charge in [0, 0.05) is 10.6 Å². The molecule has 0 amide bonds. The Labute approximate surface area is 123 Å². The zero-order valence-corrected chi connectivity index (χ0v) is 12.1. The highest BCUT2D eigenvalue weighted by atomic mass is 35.5. The van der Waals surface area contributed by atoms with Gasteiger partial charge in [0.1, 0.15) is 5.82 Å². The third-order valence-electron chi connectivity index (χ3n) is 3.21. The molecule has 2 rings (SSSR count). The molecule has 0 saturated heterocycles. The smallest absolute Gasteiger partial charge is 0.127 e. The zero-order chi connectivity index (χ0) is 13.8. The van der Waals surface area contributed by atoms with Crippen molar-refractivity contribution in [3.05, 3.63) is 70.5 Å². The van der Waals surface area contributed by atoms with Crippen LogP contribution < -0.4 is 0 Å². The lowest BCUT2D eigenvalue weighted by atomic mass is 9.93. The van der Waals surface area contributed by atoms with Gasteiger partial charge in [0.15, 0.2) is 0 Å². The Hall–Kier alpha value is -1.05. The molecule has 0 spiro atoms. The predicted molar refractivity (Wildman–Crippen MR) is 79.3 cm³/mol. The van der Waals surface area contributed by atoms with Gasteiger partial charge in [-0.15, -0.1) is 11.6 Å². The van der Waals surface area contributed by atoms with E-state index in [-0.39, 0.29) is 17.1 Å². The molecule has 0 fully saturated rings. The Kier molecular flexibility index (Phi) is 4.84. The topological polar surface area (TPSA) is 0 Å². The van der Waals surface area contributed by atoms with E-state index in [0.717, 1.165) is 5.56 Å². The van der Waals surface area contributed by atoms with Gasteiger partial charge in [0.25, 0.3) is 0 Å². The summed E-state index contributed by atoms with van der Waals surface area (Å²) < 4.78 is 13.7. The van der Waals surface area contributed by atoms with Gasteiger partial charge in [-0.25, -0.2) is 4.39 Å². The molecular weight excluding hydrogens is 282 g/mol. The SMILES string of the molecule is CC(Cc1c(F)cccc1Cl)C(Cl)c1ccccc1. The number of hydrogen-bond donors (Lipinski definition) is 0. The molecule has 2 unspecified atom stereocenters. The quantitative estimate of drug-likeness (QED) is 0.641. The Morgan fingerprint density at radius 1 is 1.05 bits per heavy atom. The zero-order valence-electron chi connectivity index (χ0n) is 10.6. The van der Waals surface area contributed by atoms with E-state index in [1.54, 1.807) is 12.1 Å². The van der Waals surface area contributed by atoms with Crippen LogP contribution in [0.3, 0.4) is 0 Å². The summed E-state index contributed by atoms with van der Waals surface area (Å²) in [6.45, 7) is 2.01. The van der Waals surface area contributed by atoms with Gasteiger partial charge in [-0.3, -0.25) is 0 Å². The molecule has 0 aliphatic heterocycles. The minimum absolute atomic E-state index is 0.0958. The minimum Gasteiger partial charge on any atom is -0.207 e. The lowest BCUT2D eigenvalue weighted by Crippen LogP contribution is -2.09. The first-order valence-electron chi connectivity index (χ1n) is 6.21. The first-order chi connectivity index (χ1) is 9.09. The first kappa shape index (κ1) is 14.4. The van der Waals surface area contributed by atoms with Gasteiger partial charge >= 0.3 is 0 Å². The molecule has 100 valence electrons. The molecule has 0 heterocycles. The second kappa shape index (κ2) is 6.40. The van der Waals surface area contributed by atoms with E-state index in [1.165, 1.54) is 6.07 Å². The highest BCUT2D eigenvalue weighted by Crippen LogP contribution is 2.33. The van der Waals surface area contributed by atoms with Crippen LogP contribution in [0, 0.1) is 11.7 Å². The number of alkyl halides is 1. The summed E-state index contributed by atoms with van der Waals surface area (Å²) in [5, 5.41) is 0.306.